The summed E-state index contributed by atoms with van der Waals surface area (Å²) in [6.45, 7) is 4.88. The number of rotatable bonds is 10. The molecule has 3 nitrogen and oxygen atoms in total. The highest BCUT2D eigenvalue weighted by Gasteiger charge is 2.14. The van der Waals surface area contributed by atoms with Crippen molar-refractivity contribution in [3.05, 3.63) is 71.8 Å². The van der Waals surface area contributed by atoms with Crippen molar-refractivity contribution in [2.24, 2.45) is 0 Å². The molecule has 2 aromatic carbocycles. The molecule has 0 aliphatic rings. The lowest BCUT2D eigenvalue weighted by Gasteiger charge is -2.29. The van der Waals surface area contributed by atoms with Crippen LogP contribution in [0.1, 0.15) is 11.1 Å². The van der Waals surface area contributed by atoms with E-state index in [0.717, 1.165) is 30.8 Å². The van der Waals surface area contributed by atoms with Crippen LogP contribution in [0.5, 0.6) is 0 Å². The molecule has 124 valence electrons. The van der Waals surface area contributed by atoms with Crippen LogP contribution in [-0.4, -0.2) is 44.9 Å². The first kappa shape index (κ1) is 17.7. The van der Waals surface area contributed by atoms with Gasteiger partial charge in [0.2, 0.25) is 0 Å². The number of hydrogen-bond donors (Lipinski definition) is 0. The smallest absolute Gasteiger partial charge is 0.102 e. The van der Waals surface area contributed by atoms with E-state index in [1.54, 1.807) is 0 Å². The average molecular weight is 314 g/mol. The molecule has 23 heavy (non-hydrogen) atoms. The lowest BCUT2D eigenvalue weighted by molar-refractivity contribution is -0.891. The molecule has 0 heterocycles. The molecule has 0 saturated carbocycles. The Balaban J connectivity index is 1.57. The van der Waals surface area contributed by atoms with Gasteiger partial charge in [0.25, 0.3) is 0 Å². The van der Waals surface area contributed by atoms with Crippen molar-refractivity contribution in [3.8, 4) is 0 Å². The second kappa shape index (κ2) is 9.46. The first-order valence-corrected chi connectivity index (χ1v) is 8.21. The highest BCUT2D eigenvalue weighted by Crippen LogP contribution is 2.04. The summed E-state index contributed by atoms with van der Waals surface area (Å²) >= 11 is 0. The molecule has 0 spiro atoms. The van der Waals surface area contributed by atoms with Crippen molar-refractivity contribution in [2.75, 3.05) is 40.4 Å². The highest BCUT2D eigenvalue weighted by molar-refractivity contribution is 5.14. The largest absolute Gasteiger partial charge is 0.371 e. The van der Waals surface area contributed by atoms with Gasteiger partial charge in [-0.1, -0.05) is 60.7 Å². The van der Waals surface area contributed by atoms with Crippen LogP contribution in [0.2, 0.25) is 0 Å². The van der Waals surface area contributed by atoms with Gasteiger partial charge < -0.3 is 14.0 Å². The molecule has 0 N–H and O–H groups in total. The van der Waals surface area contributed by atoms with Gasteiger partial charge >= 0.3 is 0 Å². The van der Waals surface area contributed by atoms with E-state index in [0.29, 0.717) is 13.2 Å². The van der Waals surface area contributed by atoms with Gasteiger partial charge in [0.1, 0.15) is 13.1 Å². The summed E-state index contributed by atoms with van der Waals surface area (Å²) < 4.78 is 12.5. The Morgan fingerprint density at radius 2 is 1.04 bits per heavy atom. The van der Waals surface area contributed by atoms with E-state index in [2.05, 4.69) is 38.4 Å². The van der Waals surface area contributed by atoms with Crippen molar-refractivity contribution >= 4 is 0 Å². The molecule has 0 bridgehead atoms. The summed E-state index contributed by atoms with van der Waals surface area (Å²) in [6, 6.07) is 20.6. The maximum absolute atomic E-state index is 5.77. The minimum Gasteiger partial charge on any atom is -0.371 e. The van der Waals surface area contributed by atoms with Crippen molar-refractivity contribution < 1.29 is 14.0 Å². The van der Waals surface area contributed by atoms with Crippen LogP contribution in [0.25, 0.3) is 0 Å². The van der Waals surface area contributed by atoms with E-state index in [1.807, 2.05) is 36.4 Å². The normalized spacial score (nSPS) is 11.6. The average Bonchev–Trinajstić information content (AvgIpc) is 2.58. The van der Waals surface area contributed by atoms with E-state index in [9.17, 15) is 0 Å². The molecule has 0 unspecified atom stereocenters. The molecule has 0 atom stereocenters. The summed E-state index contributed by atoms with van der Waals surface area (Å²) in [7, 11) is 4.44. The van der Waals surface area contributed by atoms with E-state index >= 15 is 0 Å². The maximum Gasteiger partial charge on any atom is 0.102 e. The van der Waals surface area contributed by atoms with E-state index in [-0.39, 0.29) is 0 Å². The van der Waals surface area contributed by atoms with E-state index < -0.39 is 0 Å². The fraction of sp³-hybridized carbons (Fsp3) is 0.400. The Kier molecular flexibility index (Phi) is 7.27. The Bertz CT molecular complexity index is 491. The van der Waals surface area contributed by atoms with E-state index in [1.165, 1.54) is 11.1 Å². The zero-order valence-corrected chi connectivity index (χ0v) is 14.3. The van der Waals surface area contributed by atoms with Gasteiger partial charge in [-0.05, 0) is 11.1 Å². The van der Waals surface area contributed by atoms with Crippen LogP contribution in [-0.2, 0) is 22.7 Å². The number of hydrogen-bond acceptors (Lipinski definition) is 2. The third kappa shape index (κ3) is 7.42. The minimum absolute atomic E-state index is 0.686. The predicted octanol–water partition coefficient (Wildman–Crippen LogP) is 3.50. The van der Waals surface area contributed by atoms with Gasteiger partial charge in [-0.3, -0.25) is 0 Å². The van der Waals surface area contributed by atoms with Crippen molar-refractivity contribution in [1.82, 2.24) is 0 Å². The van der Waals surface area contributed by atoms with E-state index in [4.69, 9.17) is 9.47 Å². The van der Waals surface area contributed by atoms with Crippen LogP contribution < -0.4 is 0 Å². The van der Waals surface area contributed by atoms with Gasteiger partial charge in [0.15, 0.2) is 0 Å². The van der Waals surface area contributed by atoms with Gasteiger partial charge in [-0.25, -0.2) is 0 Å². The quantitative estimate of drug-likeness (QED) is 0.494. The molecule has 0 radical (unpaired) electrons. The molecule has 2 aromatic rings. The molecule has 2 rings (SSSR count). The van der Waals surface area contributed by atoms with Gasteiger partial charge in [0, 0.05) is 0 Å². The first-order valence-electron chi connectivity index (χ1n) is 8.21. The Hall–Kier alpha value is -1.68. The zero-order chi connectivity index (χ0) is 16.4. The molecule has 0 saturated heterocycles. The molecule has 0 aliphatic heterocycles. The third-order valence-electron chi connectivity index (χ3n) is 3.91. The molecular weight excluding hydrogens is 286 g/mol. The Morgan fingerprint density at radius 1 is 0.652 bits per heavy atom. The van der Waals surface area contributed by atoms with Gasteiger partial charge in [-0.2, -0.15) is 0 Å². The van der Waals surface area contributed by atoms with Crippen molar-refractivity contribution in [3.63, 3.8) is 0 Å². The van der Waals surface area contributed by atoms with Gasteiger partial charge in [-0.15, -0.1) is 0 Å². The maximum atomic E-state index is 5.77. The highest BCUT2D eigenvalue weighted by atomic mass is 16.5. The summed E-state index contributed by atoms with van der Waals surface area (Å²) in [6.07, 6.45) is 0. The van der Waals surface area contributed by atoms with Crippen LogP contribution in [0.3, 0.4) is 0 Å². The number of likely N-dealkylation sites (N-methyl/N-ethyl adjacent to an activating group) is 1. The second-order valence-corrected chi connectivity index (χ2v) is 6.46. The second-order valence-electron chi connectivity index (χ2n) is 6.46. The van der Waals surface area contributed by atoms with Crippen molar-refractivity contribution in [2.45, 2.75) is 13.2 Å². The summed E-state index contributed by atoms with van der Waals surface area (Å²) in [5.41, 5.74) is 2.45. The molecule has 0 amide bonds. The minimum atomic E-state index is 0.686. The van der Waals surface area contributed by atoms with Crippen LogP contribution >= 0.6 is 0 Å². The fourth-order valence-corrected chi connectivity index (χ4v) is 2.26. The molecule has 0 aliphatic carbocycles. The SMILES string of the molecule is C[N+](C)(CCOCc1ccccc1)CCOCc1ccccc1. The zero-order valence-electron chi connectivity index (χ0n) is 14.3. The number of ether oxygens (including phenoxy) is 2. The molecular formula is C20H28NO2+. The van der Waals surface area contributed by atoms with Crippen molar-refractivity contribution in [1.29, 1.82) is 0 Å². The van der Waals surface area contributed by atoms with Gasteiger partial charge in [0.05, 0.1) is 40.5 Å². The first-order chi connectivity index (χ1) is 11.2. The van der Waals surface area contributed by atoms with Crippen LogP contribution in [0, 0.1) is 0 Å². The Labute approximate surface area is 140 Å². The lowest BCUT2D eigenvalue weighted by atomic mass is 10.2. The fourth-order valence-electron chi connectivity index (χ4n) is 2.26. The molecule has 3 heteroatoms. The third-order valence-corrected chi connectivity index (χ3v) is 3.91. The summed E-state index contributed by atoms with van der Waals surface area (Å²) in [5.74, 6) is 0. The topological polar surface area (TPSA) is 18.5 Å². The summed E-state index contributed by atoms with van der Waals surface area (Å²) in [4.78, 5) is 0. The van der Waals surface area contributed by atoms with Crippen LogP contribution in [0.4, 0.5) is 0 Å². The predicted molar refractivity (Wildman–Crippen MR) is 94.0 cm³/mol. The standard InChI is InChI=1S/C20H28NO2/c1-21(2,13-15-22-17-19-9-5-3-6-10-19)14-16-23-18-20-11-7-4-8-12-20/h3-12H,13-18H2,1-2H3/q+1. The Morgan fingerprint density at radius 3 is 1.43 bits per heavy atom. The molecule has 0 fully saturated rings. The number of benzene rings is 2. The lowest BCUT2D eigenvalue weighted by Crippen LogP contribution is -2.44. The number of nitrogens with zero attached hydrogens (tertiary/aromatic N) is 1. The number of quaternary nitrogens is 1. The van der Waals surface area contributed by atoms with Crippen LogP contribution in [0.15, 0.2) is 60.7 Å². The monoisotopic (exact) mass is 314 g/mol. The molecule has 0 aromatic heterocycles. The summed E-state index contributed by atoms with van der Waals surface area (Å²) in [5, 5.41) is 0.